The third-order valence-corrected chi connectivity index (χ3v) is 3.30. The molecule has 0 fully saturated rings. The predicted octanol–water partition coefficient (Wildman–Crippen LogP) is 0.682. The molecule has 0 aliphatic heterocycles. The van der Waals surface area contributed by atoms with Crippen LogP contribution in [0.3, 0.4) is 0 Å². The van der Waals surface area contributed by atoms with Crippen molar-refractivity contribution in [3.05, 3.63) is 63.7 Å². The summed E-state index contributed by atoms with van der Waals surface area (Å²) < 4.78 is 1.19. The number of primary amides is 1. The molecule has 3 aromatic rings. The third kappa shape index (κ3) is 2.69. The van der Waals surface area contributed by atoms with Crippen molar-refractivity contribution in [1.29, 1.82) is 0 Å². The smallest absolute Gasteiger partial charge is 0.272 e. The largest absolute Gasteiger partial charge is 0.366 e. The van der Waals surface area contributed by atoms with E-state index >= 15 is 0 Å². The molecule has 4 N–H and O–H groups in total. The molecular formula is C15H13N5O3. The van der Waals surface area contributed by atoms with Crippen LogP contribution in [0, 0.1) is 6.92 Å². The van der Waals surface area contributed by atoms with Crippen LogP contribution in [0.4, 0.5) is 5.69 Å². The maximum atomic E-state index is 12.4. The Morgan fingerprint density at radius 3 is 2.61 bits per heavy atom. The minimum Gasteiger partial charge on any atom is -0.366 e. The van der Waals surface area contributed by atoms with Gasteiger partial charge in [0.15, 0.2) is 5.65 Å². The molecule has 8 heteroatoms. The van der Waals surface area contributed by atoms with Crippen molar-refractivity contribution in [2.24, 2.45) is 5.73 Å². The van der Waals surface area contributed by atoms with Crippen molar-refractivity contribution in [2.45, 2.75) is 6.92 Å². The number of carbonyl (C=O) groups excluding carboxylic acids is 2. The van der Waals surface area contributed by atoms with E-state index in [-0.39, 0.29) is 16.8 Å². The van der Waals surface area contributed by atoms with E-state index in [0.717, 1.165) is 0 Å². The number of aromatic nitrogens is 3. The van der Waals surface area contributed by atoms with Crippen LogP contribution in [0.5, 0.6) is 0 Å². The molecule has 8 nitrogen and oxygen atoms in total. The Kier molecular flexibility index (Phi) is 3.41. The second kappa shape index (κ2) is 5.41. The SMILES string of the molecule is Cc1cc(=O)n2[nH]cc(C(=O)Nc3ccc(C(N)=O)cc3)c2n1. The standard InChI is InChI=1S/C15H13N5O3/c1-8-6-12(21)20-14(18-8)11(7-17-20)15(23)19-10-4-2-9(3-5-10)13(16)22/h2-7,17H,1H3,(H2,16,22)(H,19,23). The van der Waals surface area contributed by atoms with E-state index in [0.29, 0.717) is 16.9 Å². The molecule has 0 unspecified atom stereocenters. The first-order chi connectivity index (χ1) is 11.0. The molecule has 0 aliphatic carbocycles. The Hall–Kier alpha value is -3.42. The van der Waals surface area contributed by atoms with E-state index in [1.165, 1.54) is 28.9 Å². The van der Waals surface area contributed by atoms with Gasteiger partial charge >= 0.3 is 0 Å². The Balaban J connectivity index is 1.92. The summed E-state index contributed by atoms with van der Waals surface area (Å²) in [5, 5.41) is 5.37. The summed E-state index contributed by atoms with van der Waals surface area (Å²) in [6.45, 7) is 1.68. The predicted molar refractivity (Wildman–Crippen MR) is 83.5 cm³/mol. The number of carbonyl (C=O) groups is 2. The summed E-state index contributed by atoms with van der Waals surface area (Å²) >= 11 is 0. The average Bonchev–Trinajstić information content (AvgIpc) is 2.91. The highest BCUT2D eigenvalue weighted by Gasteiger charge is 2.15. The van der Waals surface area contributed by atoms with Crippen LogP contribution >= 0.6 is 0 Å². The number of aromatic amines is 1. The Labute approximate surface area is 129 Å². The lowest BCUT2D eigenvalue weighted by Crippen LogP contribution is -2.17. The summed E-state index contributed by atoms with van der Waals surface area (Å²) in [6, 6.07) is 7.53. The zero-order valence-electron chi connectivity index (χ0n) is 12.2. The Morgan fingerprint density at radius 2 is 1.96 bits per heavy atom. The molecular weight excluding hydrogens is 298 g/mol. The summed E-state index contributed by atoms with van der Waals surface area (Å²) in [4.78, 5) is 39.4. The number of hydrogen-bond acceptors (Lipinski definition) is 4. The van der Waals surface area contributed by atoms with Gasteiger partial charge in [-0.15, -0.1) is 0 Å². The van der Waals surface area contributed by atoms with Crippen LogP contribution in [0.2, 0.25) is 0 Å². The van der Waals surface area contributed by atoms with Gasteiger partial charge in [0.05, 0.1) is 0 Å². The van der Waals surface area contributed by atoms with E-state index in [9.17, 15) is 14.4 Å². The molecule has 0 bridgehead atoms. The number of aryl methyl sites for hydroxylation is 1. The van der Waals surface area contributed by atoms with Crippen LogP contribution in [0.25, 0.3) is 5.65 Å². The highest BCUT2D eigenvalue weighted by molar-refractivity contribution is 6.08. The summed E-state index contributed by atoms with van der Waals surface area (Å²) in [6.07, 6.45) is 1.41. The number of benzene rings is 1. The molecule has 0 atom stereocenters. The fourth-order valence-corrected chi connectivity index (χ4v) is 2.18. The van der Waals surface area contributed by atoms with Gasteiger partial charge in [-0.05, 0) is 31.2 Å². The summed E-state index contributed by atoms with van der Waals surface area (Å²) in [7, 11) is 0. The lowest BCUT2D eigenvalue weighted by Gasteiger charge is -2.04. The number of hydrogen-bond donors (Lipinski definition) is 3. The molecule has 2 heterocycles. The van der Waals surface area contributed by atoms with Gasteiger partial charge < -0.3 is 11.1 Å². The molecule has 2 aromatic heterocycles. The van der Waals surface area contributed by atoms with Crippen molar-refractivity contribution < 1.29 is 9.59 Å². The third-order valence-electron chi connectivity index (χ3n) is 3.30. The van der Waals surface area contributed by atoms with E-state index < -0.39 is 11.8 Å². The zero-order chi connectivity index (χ0) is 16.6. The van der Waals surface area contributed by atoms with Crippen LogP contribution in [-0.4, -0.2) is 26.4 Å². The van der Waals surface area contributed by atoms with Gasteiger partial charge in [-0.1, -0.05) is 0 Å². The van der Waals surface area contributed by atoms with Crippen LogP contribution in [0.15, 0.2) is 41.3 Å². The average molecular weight is 311 g/mol. The number of anilines is 1. The second-order valence-electron chi connectivity index (χ2n) is 4.98. The lowest BCUT2D eigenvalue weighted by molar-refractivity contribution is 0.0998. The fraction of sp³-hybridized carbons (Fsp3) is 0.0667. The number of amides is 2. The quantitative estimate of drug-likeness (QED) is 0.658. The van der Waals surface area contributed by atoms with Crippen LogP contribution in [0.1, 0.15) is 26.4 Å². The van der Waals surface area contributed by atoms with E-state index in [1.807, 2.05) is 0 Å². The first-order valence-electron chi connectivity index (χ1n) is 6.75. The van der Waals surface area contributed by atoms with Crippen LogP contribution < -0.4 is 16.6 Å². The number of nitrogens with two attached hydrogens (primary N) is 1. The molecule has 23 heavy (non-hydrogen) atoms. The maximum absolute atomic E-state index is 12.4. The first kappa shape index (κ1) is 14.5. The van der Waals surface area contributed by atoms with E-state index in [4.69, 9.17) is 5.73 Å². The molecule has 116 valence electrons. The number of nitrogens with one attached hydrogen (secondary N) is 2. The Morgan fingerprint density at radius 1 is 1.26 bits per heavy atom. The number of rotatable bonds is 3. The van der Waals surface area contributed by atoms with Gasteiger partial charge in [-0.2, -0.15) is 0 Å². The second-order valence-corrected chi connectivity index (χ2v) is 4.98. The number of fused-ring (bicyclic) bond motifs is 1. The van der Waals surface area contributed by atoms with Gasteiger partial charge in [-0.3, -0.25) is 19.5 Å². The van der Waals surface area contributed by atoms with Crippen molar-refractivity contribution >= 4 is 23.1 Å². The molecule has 2 amide bonds. The molecule has 0 saturated carbocycles. The fourth-order valence-electron chi connectivity index (χ4n) is 2.18. The van der Waals surface area contributed by atoms with Crippen molar-refractivity contribution in [3.63, 3.8) is 0 Å². The molecule has 0 spiro atoms. The zero-order valence-corrected chi connectivity index (χ0v) is 12.2. The van der Waals surface area contributed by atoms with Gasteiger partial charge in [0.1, 0.15) is 5.56 Å². The molecule has 1 aromatic carbocycles. The number of nitrogens with zero attached hydrogens (tertiary/aromatic N) is 2. The summed E-state index contributed by atoms with van der Waals surface area (Å²) in [5.74, 6) is -0.966. The minimum absolute atomic E-state index is 0.241. The first-order valence-corrected chi connectivity index (χ1v) is 6.75. The van der Waals surface area contributed by atoms with Gasteiger partial charge in [0.2, 0.25) is 5.91 Å². The van der Waals surface area contributed by atoms with E-state index in [2.05, 4.69) is 15.4 Å². The monoisotopic (exact) mass is 311 g/mol. The highest BCUT2D eigenvalue weighted by atomic mass is 16.2. The lowest BCUT2D eigenvalue weighted by atomic mass is 10.2. The normalized spacial score (nSPS) is 10.7. The van der Waals surface area contributed by atoms with Crippen molar-refractivity contribution in [2.75, 3.05) is 5.32 Å². The highest BCUT2D eigenvalue weighted by Crippen LogP contribution is 2.13. The molecule has 3 rings (SSSR count). The van der Waals surface area contributed by atoms with Gasteiger partial charge in [-0.25, -0.2) is 9.50 Å². The summed E-state index contributed by atoms with van der Waals surface area (Å²) in [5.41, 5.74) is 6.72. The van der Waals surface area contributed by atoms with Gasteiger partial charge in [0, 0.05) is 29.2 Å². The molecule has 0 saturated heterocycles. The van der Waals surface area contributed by atoms with Crippen LogP contribution in [-0.2, 0) is 0 Å². The van der Waals surface area contributed by atoms with E-state index in [1.54, 1.807) is 19.1 Å². The topological polar surface area (TPSA) is 122 Å². The van der Waals surface area contributed by atoms with Crippen molar-refractivity contribution in [3.8, 4) is 0 Å². The minimum atomic E-state index is -0.543. The maximum Gasteiger partial charge on any atom is 0.272 e. The number of H-pyrrole nitrogens is 1. The molecule has 0 radical (unpaired) electrons. The molecule has 0 aliphatic rings. The Bertz CT molecular complexity index is 969. The van der Waals surface area contributed by atoms with Crippen molar-refractivity contribution in [1.82, 2.24) is 14.6 Å². The van der Waals surface area contributed by atoms with Gasteiger partial charge in [0.25, 0.3) is 11.5 Å².